The minimum atomic E-state index is -0.551. The van der Waals surface area contributed by atoms with E-state index in [1.807, 2.05) is 6.92 Å². The van der Waals surface area contributed by atoms with E-state index in [4.69, 9.17) is 16.2 Å². The van der Waals surface area contributed by atoms with Gasteiger partial charge in [-0.3, -0.25) is 4.79 Å². The molecule has 0 aliphatic carbocycles. The monoisotopic (exact) mass is 284 g/mol. The van der Waals surface area contributed by atoms with Gasteiger partial charge in [-0.25, -0.2) is 4.79 Å². The molecule has 1 amide bonds. The number of carbonyl (C=O) groups is 2. The molecule has 2 aromatic carbocycles. The number of nitrogens with two attached hydrogens (primary N) is 2. The highest BCUT2D eigenvalue weighted by Gasteiger charge is 2.12. The average Bonchev–Trinajstić information content (AvgIpc) is 2.47. The fraction of sp³-hybridized carbons (Fsp3) is 0.125. The molecule has 108 valence electrons. The fourth-order valence-corrected chi connectivity index (χ4v) is 1.92. The molecule has 0 saturated heterocycles. The van der Waals surface area contributed by atoms with Crippen LogP contribution in [-0.4, -0.2) is 11.9 Å². The van der Waals surface area contributed by atoms with Gasteiger partial charge in [0.1, 0.15) is 6.61 Å². The maximum Gasteiger partial charge on any atom is 0.338 e. The minimum absolute atomic E-state index is 0.0125. The summed E-state index contributed by atoms with van der Waals surface area (Å²) in [4.78, 5) is 23.3. The van der Waals surface area contributed by atoms with Crippen molar-refractivity contribution in [2.45, 2.75) is 13.5 Å². The molecule has 2 aromatic rings. The summed E-state index contributed by atoms with van der Waals surface area (Å²) in [6, 6.07) is 11.7. The molecule has 0 radical (unpaired) electrons. The highest BCUT2D eigenvalue weighted by molar-refractivity contribution is 5.94. The zero-order valence-corrected chi connectivity index (χ0v) is 11.6. The van der Waals surface area contributed by atoms with Crippen LogP contribution in [0.25, 0.3) is 0 Å². The molecule has 0 bridgehead atoms. The van der Waals surface area contributed by atoms with Crippen molar-refractivity contribution >= 4 is 17.6 Å². The summed E-state index contributed by atoms with van der Waals surface area (Å²) in [5.41, 5.74) is 13.7. The third-order valence-electron chi connectivity index (χ3n) is 3.15. The number of anilines is 1. The number of esters is 1. The Balaban J connectivity index is 2.11. The first-order valence-electron chi connectivity index (χ1n) is 6.40. The van der Waals surface area contributed by atoms with Gasteiger partial charge in [-0.1, -0.05) is 18.2 Å². The van der Waals surface area contributed by atoms with Crippen molar-refractivity contribution in [1.82, 2.24) is 0 Å². The van der Waals surface area contributed by atoms with E-state index in [0.29, 0.717) is 22.4 Å². The van der Waals surface area contributed by atoms with Gasteiger partial charge in [0.15, 0.2) is 0 Å². The quantitative estimate of drug-likeness (QED) is 0.663. The lowest BCUT2D eigenvalue weighted by Crippen LogP contribution is -2.15. The lowest BCUT2D eigenvalue weighted by Gasteiger charge is -2.09. The van der Waals surface area contributed by atoms with Crippen molar-refractivity contribution in [3.8, 4) is 0 Å². The van der Waals surface area contributed by atoms with Crippen LogP contribution in [0.4, 0.5) is 5.69 Å². The summed E-state index contributed by atoms with van der Waals surface area (Å²) >= 11 is 0. The van der Waals surface area contributed by atoms with Crippen molar-refractivity contribution in [2.24, 2.45) is 5.73 Å². The Bertz CT molecular complexity index is 696. The Morgan fingerprint density at radius 3 is 2.52 bits per heavy atom. The van der Waals surface area contributed by atoms with Crippen LogP contribution in [0.1, 0.15) is 31.8 Å². The van der Waals surface area contributed by atoms with Crippen LogP contribution in [-0.2, 0) is 11.3 Å². The predicted molar refractivity (Wildman–Crippen MR) is 79.7 cm³/mol. The smallest absolute Gasteiger partial charge is 0.338 e. The SMILES string of the molecule is Cc1cc(C(=O)OCc2ccccc2C(N)=O)ccc1N. The Labute approximate surface area is 122 Å². The number of carbonyl (C=O) groups excluding carboxylic acids is 2. The van der Waals surface area contributed by atoms with Crippen LogP contribution in [0.5, 0.6) is 0 Å². The van der Waals surface area contributed by atoms with E-state index >= 15 is 0 Å². The predicted octanol–water partition coefficient (Wildman–Crippen LogP) is 2.03. The first-order valence-corrected chi connectivity index (χ1v) is 6.40. The number of ether oxygens (including phenoxy) is 1. The Kier molecular flexibility index (Phi) is 4.23. The molecule has 0 heterocycles. The molecular formula is C16H16N2O3. The molecular weight excluding hydrogens is 268 g/mol. The zero-order valence-electron chi connectivity index (χ0n) is 11.6. The molecule has 5 nitrogen and oxygen atoms in total. The largest absolute Gasteiger partial charge is 0.457 e. The lowest BCUT2D eigenvalue weighted by molar-refractivity contribution is 0.0470. The maximum atomic E-state index is 12.0. The van der Waals surface area contributed by atoms with E-state index in [9.17, 15) is 9.59 Å². The maximum absolute atomic E-state index is 12.0. The highest BCUT2D eigenvalue weighted by Crippen LogP contribution is 2.15. The van der Waals surface area contributed by atoms with E-state index in [-0.39, 0.29) is 6.61 Å². The van der Waals surface area contributed by atoms with Crippen LogP contribution in [0.3, 0.4) is 0 Å². The molecule has 0 aliphatic heterocycles. The minimum Gasteiger partial charge on any atom is -0.457 e. The van der Waals surface area contributed by atoms with Crippen LogP contribution in [0.2, 0.25) is 0 Å². The second-order valence-electron chi connectivity index (χ2n) is 4.67. The number of benzene rings is 2. The summed E-state index contributed by atoms with van der Waals surface area (Å²) in [5, 5.41) is 0. The number of hydrogen-bond acceptors (Lipinski definition) is 4. The van der Waals surface area contributed by atoms with E-state index in [1.165, 1.54) is 0 Å². The number of hydrogen-bond donors (Lipinski definition) is 2. The summed E-state index contributed by atoms with van der Waals surface area (Å²) in [6.07, 6.45) is 0. The van der Waals surface area contributed by atoms with Gasteiger partial charge in [0.25, 0.3) is 0 Å². The van der Waals surface area contributed by atoms with Crippen molar-refractivity contribution in [3.63, 3.8) is 0 Å². The third kappa shape index (κ3) is 3.39. The molecule has 5 heteroatoms. The van der Waals surface area contributed by atoms with Crippen molar-refractivity contribution in [3.05, 3.63) is 64.7 Å². The van der Waals surface area contributed by atoms with Gasteiger partial charge in [-0.15, -0.1) is 0 Å². The third-order valence-corrected chi connectivity index (χ3v) is 3.15. The van der Waals surface area contributed by atoms with Crippen molar-refractivity contribution in [1.29, 1.82) is 0 Å². The second-order valence-corrected chi connectivity index (χ2v) is 4.67. The molecule has 0 fully saturated rings. The molecule has 0 atom stereocenters. The zero-order chi connectivity index (χ0) is 15.4. The standard InChI is InChI=1S/C16H16N2O3/c1-10-8-11(6-7-14(10)17)16(20)21-9-12-4-2-3-5-13(12)15(18)19/h2-8H,9,17H2,1H3,(H2,18,19). The van der Waals surface area contributed by atoms with Gasteiger partial charge < -0.3 is 16.2 Å². The first kappa shape index (κ1) is 14.6. The van der Waals surface area contributed by atoms with E-state index in [0.717, 1.165) is 5.56 Å². The van der Waals surface area contributed by atoms with Crippen LogP contribution in [0, 0.1) is 6.92 Å². The number of aryl methyl sites for hydroxylation is 1. The number of amides is 1. The normalized spacial score (nSPS) is 10.1. The summed E-state index contributed by atoms with van der Waals surface area (Å²) in [5.74, 6) is -1.03. The van der Waals surface area contributed by atoms with Gasteiger partial charge in [0.05, 0.1) is 5.56 Å². The molecule has 2 rings (SSSR count). The van der Waals surface area contributed by atoms with Crippen molar-refractivity contribution in [2.75, 3.05) is 5.73 Å². The highest BCUT2D eigenvalue weighted by atomic mass is 16.5. The first-order chi connectivity index (χ1) is 9.99. The van der Waals surface area contributed by atoms with Gasteiger partial charge in [-0.2, -0.15) is 0 Å². The van der Waals surface area contributed by atoms with Gasteiger partial charge in [0, 0.05) is 16.8 Å². The van der Waals surface area contributed by atoms with Gasteiger partial charge in [-0.05, 0) is 36.8 Å². The van der Waals surface area contributed by atoms with Crippen LogP contribution < -0.4 is 11.5 Å². The Morgan fingerprint density at radius 2 is 1.86 bits per heavy atom. The molecule has 0 spiro atoms. The second kappa shape index (κ2) is 6.09. The number of primary amides is 1. The Morgan fingerprint density at radius 1 is 1.14 bits per heavy atom. The van der Waals surface area contributed by atoms with Crippen molar-refractivity contribution < 1.29 is 14.3 Å². The van der Waals surface area contributed by atoms with Crippen LogP contribution in [0.15, 0.2) is 42.5 Å². The topological polar surface area (TPSA) is 95.4 Å². The van der Waals surface area contributed by atoms with Gasteiger partial charge >= 0.3 is 5.97 Å². The molecule has 0 unspecified atom stereocenters. The fourth-order valence-electron chi connectivity index (χ4n) is 1.92. The molecule has 0 saturated carbocycles. The molecule has 21 heavy (non-hydrogen) atoms. The van der Waals surface area contributed by atoms with Gasteiger partial charge in [0.2, 0.25) is 5.91 Å². The number of rotatable bonds is 4. The lowest BCUT2D eigenvalue weighted by atomic mass is 10.1. The molecule has 0 aromatic heterocycles. The van der Waals surface area contributed by atoms with E-state index < -0.39 is 11.9 Å². The van der Waals surface area contributed by atoms with E-state index in [1.54, 1.807) is 42.5 Å². The van der Waals surface area contributed by atoms with Crippen LogP contribution >= 0.6 is 0 Å². The molecule has 0 aliphatic rings. The molecule has 4 N–H and O–H groups in total. The summed E-state index contributed by atoms with van der Waals surface area (Å²) in [6.45, 7) is 1.80. The number of nitrogen functional groups attached to an aromatic ring is 1. The Hall–Kier alpha value is -2.82. The van der Waals surface area contributed by atoms with E-state index in [2.05, 4.69) is 0 Å². The summed E-state index contributed by atoms with van der Waals surface area (Å²) in [7, 11) is 0. The summed E-state index contributed by atoms with van der Waals surface area (Å²) < 4.78 is 5.21. The average molecular weight is 284 g/mol.